The van der Waals surface area contributed by atoms with Crippen LogP contribution in [0.3, 0.4) is 0 Å². The molecular formula is C24H23N3O3S. The smallest absolute Gasteiger partial charge is 0.283 e. The van der Waals surface area contributed by atoms with E-state index in [0.717, 1.165) is 23.5 Å². The summed E-state index contributed by atoms with van der Waals surface area (Å²) in [4.78, 5) is 17.9. The predicted molar refractivity (Wildman–Crippen MR) is 125 cm³/mol. The number of benzene rings is 2. The van der Waals surface area contributed by atoms with Gasteiger partial charge in [-0.3, -0.25) is 15.1 Å². The molecule has 0 radical (unpaired) electrons. The molecule has 31 heavy (non-hydrogen) atoms. The molecule has 0 aromatic heterocycles. The molecule has 2 aromatic carbocycles. The molecule has 2 aliphatic rings. The van der Waals surface area contributed by atoms with E-state index in [2.05, 4.69) is 24.9 Å². The van der Waals surface area contributed by atoms with Crippen LogP contribution in [-0.4, -0.2) is 35.0 Å². The van der Waals surface area contributed by atoms with Crippen LogP contribution >= 0.6 is 11.8 Å². The molecule has 0 fully saturated rings. The van der Waals surface area contributed by atoms with Crippen LogP contribution in [-0.2, 0) is 4.79 Å². The van der Waals surface area contributed by atoms with Crippen molar-refractivity contribution < 1.29 is 14.3 Å². The largest absolute Gasteiger partial charge is 0.493 e. The average Bonchev–Trinajstić information content (AvgIpc) is 3.20. The van der Waals surface area contributed by atoms with Gasteiger partial charge < -0.3 is 9.47 Å². The summed E-state index contributed by atoms with van der Waals surface area (Å²) < 4.78 is 11.6. The maximum atomic E-state index is 12.3. The molecule has 2 aromatic rings. The highest BCUT2D eigenvalue weighted by molar-refractivity contribution is 8.16. The van der Waals surface area contributed by atoms with Gasteiger partial charge in [-0.25, -0.2) is 0 Å². The Kier molecular flexibility index (Phi) is 6.23. The number of hydrogen-bond acceptors (Lipinski definition) is 5. The van der Waals surface area contributed by atoms with Crippen molar-refractivity contribution in [2.24, 2.45) is 4.99 Å². The zero-order valence-corrected chi connectivity index (χ0v) is 18.2. The number of aryl methyl sites for hydroxylation is 2. The number of carbonyl (C=O) groups is 1. The minimum Gasteiger partial charge on any atom is -0.493 e. The van der Waals surface area contributed by atoms with Gasteiger partial charge in [0, 0.05) is 12.6 Å². The van der Waals surface area contributed by atoms with Gasteiger partial charge in [-0.2, -0.15) is 4.99 Å². The van der Waals surface area contributed by atoms with Crippen LogP contribution < -0.4 is 9.47 Å². The number of nitrogens with one attached hydrogen (secondary N) is 1. The lowest BCUT2D eigenvalue weighted by molar-refractivity contribution is -0.114. The van der Waals surface area contributed by atoms with E-state index < -0.39 is 5.91 Å². The first-order valence-electron chi connectivity index (χ1n) is 10.00. The van der Waals surface area contributed by atoms with Crippen molar-refractivity contribution in [1.82, 2.24) is 4.90 Å². The lowest BCUT2D eigenvalue weighted by Gasteiger charge is -2.22. The number of thioether (sulfide) groups is 1. The van der Waals surface area contributed by atoms with E-state index in [9.17, 15) is 4.79 Å². The minimum atomic E-state index is -0.392. The van der Waals surface area contributed by atoms with Crippen LogP contribution in [0.4, 0.5) is 0 Å². The molecule has 6 nitrogen and oxygen atoms in total. The Bertz CT molecular complexity index is 1080. The van der Waals surface area contributed by atoms with Crippen LogP contribution in [0.1, 0.15) is 23.1 Å². The van der Waals surface area contributed by atoms with Crippen LogP contribution in [0.15, 0.2) is 64.6 Å². The normalized spacial score (nSPS) is 16.5. The molecule has 0 saturated carbocycles. The zero-order valence-electron chi connectivity index (χ0n) is 17.4. The van der Waals surface area contributed by atoms with Gasteiger partial charge in [-0.1, -0.05) is 30.0 Å². The zero-order chi connectivity index (χ0) is 21.8. The molecule has 1 N–H and O–H groups in total. The summed E-state index contributed by atoms with van der Waals surface area (Å²) in [7, 11) is 0. The second-order valence-corrected chi connectivity index (χ2v) is 8.20. The number of nitrogens with zero attached hydrogens (tertiary/aromatic N) is 2. The Balaban J connectivity index is 1.28. The molecule has 1 amide bonds. The first kappa shape index (κ1) is 20.9. The lowest BCUT2D eigenvalue weighted by atomic mass is 10.1. The first-order chi connectivity index (χ1) is 15.0. The number of fused-ring (bicyclic) bond motifs is 1. The molecule has 158 valence electrons. The molecule has 0 spiro atoms. The van der Waals surface area contributed by atoms with Crippen molar-refractivity contribution in [3.8, 4) is 11.5 Å². The molecule has 0 unspecified atom stereocenters. The van der Waals surface area contributed by atoms with Crippen molar-refractivity contribution >= 4 is 34.7 Å². The van der Waals surface area contributed by atoms with E-state index in [1.807, 2.05) is 41.8 Å². The third-order valence-electron chi connectivity index (χ3n) is 4.73. The SMILES string of the molecule is Cc1cc(C)cc(OCCCOc2ccc(/C=C3/C(=N)N4C=CSC4=NC3=O)cc2)c1. The standard InChI is InChI=1S/C24H23N3O3S/c1-16-12-17(2)14-20(13-16)30-10-3-9-29-19-6-4-18(5-7-19)15-21-22(25)27-8-11-31-24(27)26-23(21)28/h4-8,11-15,25H,3,9-10H2,1-2H3/b21-15-,25-22?. The van der Waals surface area contributed by atoms with E-state index in [1.54, 1.807) is 17.2 Å². The van der Waals surface area contributed by atoms with E-state index in [0.29, 0.717) is 18.4 Å². The highest BCUT2D eigenvalue weighted by Gasteiger charge is 2.30. The number of hydrogen-bond donors (Lipinski definition) is 1. The average molecular weight is 434 g/mol. The summed E-state index contributed by atoms with van der Waals surface area (Å²) in [6, 6.07) is 13.6. The van der Waals surface area contributed by atoms with Crippen LogP contribution in [0.25, 0.3) is 6.08 Å². The summed E-state index contributed by atoms with van der Waals surface area (Å²) in [5, 5.41) is 10.6. The number of carbonyl (C=O) groups excluding carboxylic acids is 1. The molecule has 4 rings (SSSR count). The molecule has 2 aliphatic heterocycles. The first-order valence-corrected chi connectivity index (χ1v) is 10.9. The fraction of sp³-hybridized carbons (Fsp3) is 0.208. The topological polar surface area (TPSA) is 75.0 Å². The van der Waals surface area contributed by atoms with Gasteiger partial charge in [0.25, 0.3) is 5.91 Å². The van der Waals surface area contributed by atoms with Gasteiger partial charge in [0.1, 0.15) is 17.3 Å². The van der Waals surface area contributed by atoms with Crippen molar-refractivity contribution in [2.75, 3.05) is 13.2 Å². The van der Waals surface area contributed by atoms with Gasteiger partial charge >= 0.3 is 0 Å². The highest BCUT2D eigenvalue weighted by atomic mass is 32.2. The van der Waals surface area contributed by atoms with Crippen LogP contribution in [0, 0.1) is 19.3 Å². The Labute approximate surface area is 185 Å². The Morgan fingerprint density at radius 3 is 2.42 bits per heavy atom. The number of amides is 1. The maximum absolute atomic E-state index is 12.3. The molecule has 0 aliphatic carbocycles. The molecular weight excluding hydrogens is 410 g/mol. The highest BCUT2D eigenvalue weighted by Crippen LogP contribution is 2.27. The second-order valence-electron chi connectivity index (χ2n) is 7.32. The van der Waals surface area contributed by atoms with Crippen molar-refractivity contribution in [3.63, 3.8) is 0 Å². The summed E-state index contributed by atoms with van der Waals surface area (Å²) in [6.45, 7) is 5.25. The monoisotopic (exact) mass is 433 g/mol. The van der Waals surface area contributed by atoms with Crippen LogP contribution in [0.5, 0.6) is 11.5 Å². The molecule has 2 heterocycles. The van der Waals surface area contributed by atoms with Gasteiger partial charge in [-0.05, 0) is 66.3 Å². The summed E-state index contributed by atoms with van der Waals surface area (Å²) >= 11 is 1.34. The third-order valence-corrected chi connectivity index (χ3v) is 5.48. The number of ether oxygens (including phenoxy) is 2. The molecule has 0 atom stereocenters. The lowest BCUT2D eigenvalue weighted by Crippen LogP contribution is -2.35. The second kappa shape index (κ2) is 9.22. The van der Waals surface area contributed by atoms with Gasteiger partial charge in [0.2, 0.25) is 0 Å². The quantitative estimate of drug-likeness (QED) is 0.495. The Hall–Kier alpha value is -3.32. The third kappa shape index (κ3) is 5.06. The number of rotatable bonds is 7. The number of aliphatic imine (C=N–C) groups is 1. The molecule has 0 saturated heterocycles. The molecule has 7 heteroatoms. The Morgan fingerprint density at radius 1 is 1.03 bits per heavy atom. The fourth-order valence-electron chi connectivity index (χ4n) is 3.31. The van der Waals surface area contributed by atoms with Crippen molar-refractivity contribution in [2.45, 2.75) is 20.3 Å². The minimum absolute atomic E-state index is 0.139. The van der Waals surface area contributed by atoms with Gasteiger partial charge in [0.05, 0.1) is 18.8 Å². The van der Waals surface area contributed by atoms with E-state index >= 15 is 0 Å². The van der Waals surface area contributed by atoms with Gasteiger partial charge in [0.15, 0.2) is 5.17 Å². The fourth-order valence-corrected chi connectivity index (χ4v) is 4.02. The maximum Gasteiger partial charge on any atom is 0.283 e. The summed E-state index contributed by atoms with van der Waals surface area (Å²) in [5.41, 5.74) is 3.46. The summed E-state index contributed by atoms with van der Waals surface area (Å²) in [6.07, 6.45) is 4.20. The van der Waals surface area contributed by atoms with E-state index in [1.165, 1.54) is 22.9 Å². The van der Waals surface area contributed by atoms with Crippen LogP contribution in [0.2, 0.25) is 0 Å². The van der Waals surface area contributed by atoms with E-state index in [4.69, 9.17) is 14.9 Å². The molecule has 0 bridgehead atoms. The number of amidine groups is 2. The Morgan fingerprint density at radius 2 is 1.71 bits per heavy atom. The van der Waals surface area contributed by atoms with Gasteiger partial charge in [-0.15, -0.1) is 0 Å². The summed E-state index contributed by atoms with van der Waals surface area (Å²) in [5.74, 6) is 1.38. The van der Waals surface area contributed by atoms with Crippen molar-refractivity contribution in [1.29, 1.82) is 5.41 Å². The van der Waals surface area contributed by atoms with E-state index in [-0.39, 0.29) is 11.4 Å². The van der Waals surface area contributed by atoms with Crippen molar-refractivity contribution in [3.05, 3.63) is 76.3 Å². The predicted octanol–water partition coefficient (Wildman–Crippen LogP) is 4.93.